The van der Waals surface area contributed by atoms with Crippen LogP contribution in [0, 0.1) is 19.8 Å². The molecule has 1 aromatic rings. The summed E-state index contributed by atoms with van der Waals surface area (Å²) < 4.78 is 7.18. The zero-order valence-corrected chi connectivity index (χ0v) is 14.0. The smallest absolute Gasteiger partial charge is 0.223 e. The van der Waals surface area contributed by atoms with E-state index in [1.54, 1.807) is 7.11 Å². The van der Waals surface area contributed by atoms with E-state index < -0.39 is 0 Å². The lowest BCUT2D eigenvalue weighted by Gasteiger charge is -2.31. The summed E-state index contributed by atoms with van der Waals surface area (Å²) in [7, 11) is 1.73. The first kappa shape index (κ1) is 17.0. The summed E-state index contributed by atoms with van der Waals surface area (Å²) in [5, 5.41) is 3.06. The van der Waals surface area contributed by atoms with Crippen LogP contribution in [0.3, 0.4) is 0 Å². The minimum atomic E-state index is 0.157. The number of carbonyl (C=O) groups excluding carboxylic acids is 1. The van der Waals surface area contributed by atoms with Crippen LogP contribution in [0.2, 0.25) is 0 Å². The van der Waals surface area contributed by atoms with Gasteiger partial charge in [-0.15, -0.1) is 0 Å². The highest BCUT2D eigenvalue weighted by Gasteiger charge is 2.24. The van der Waals surface area contributed by atoms with Crippen molar-refractivity contribution in [1.29, 1.82) is 0 Å². The van der Waals surface area contributed by atoms with Crippen LogP contribution in [0.1, 0.15) is 24.2 Å². The first-order chi connectivity index (χ1) is 10.6. The largest absolute Gasteiger partial charge is 0.383 e. The number of carbonyl (C=O) groups is 1. The molecule has 1 aliphatic rings. The number of likely N-dealkylation sites (tertiary alicyclic amines) is 1. The lowest BCUT2D eigenvalue weighted by atomic mass is 9.96. The van der Waals surface area contributed by atoms with Gasteiger partial charge in [0.1, 0.15) is 0 Å². The van der Waals surface area contributed by atoms with Crippen molar-refractivity contribution in [1.82, 2.24) is 19.8 Å². The number of methoxy groups -OCH3 is 1. The van der Waals surface area contributed by atoms with Crippen molar-refractivity contribution < 1.29 is 9.53 Å². The highest BCUT2D eigenvalue weighted by Crippen LogP contribution is 2.17. The monoisotopic (exact) mass is 308 g/mol. The van der Waals surface area contributed by atoms with Crippen molar-refractivity contribution in [2.24, 2.45) is 5.92 Å². The molecule has 0 aromatic carbocycles. The van der Waals surface area contributed by atoms with E-state index in [-0.39, 0.29) is 11.8 Å². The van der Waals surface area contributed by atoms with Crippen LogP contribution in [0.4, 0.5) is 0 Å². The zero-order valence-electron chi connectivity index (χ0n) is 14.0. The maximum Gasteiger partial charge on any atom is 0.223 e. The van der Waals surface area contributed by atoms with Gasteiger partial charge < -0.3 is 19.5 Å². The van der Waals surface area contributed by atoms with Crippen molar-refractivity contribution in [2.45, 2.75) is 33.2 Å². The van der Waals surface area contributed by atoms with E-state index in [9.17, 15) is 4.79 Å². The van der Waals surface area contributed by atoms with Gasteiger partial charge in [0.05, 0.1) is 18.6 Å². The van der Waals surface area contributed by atoms with Crippen molar-refractivity contribution in [3.63, 3.8) is 0 Å². The summed E-state index contributed by atoms with van der Waals surface area (Å²) in [5.74, 6) is 0.352. The lowest BCUT2D eigenvalue weighted by Crippen LogP contribution is -2.42. The molecule has 2 rings (SSSR count). The summed E-state index contributed by atoms with van der Waals surface area (Å²) >= 11 is 0. The van der Waals surface area contributed by atoms with Gasteiger partial charge in [-0.25, -0.2) is 4.98 Å². The fraction of sp³-hybridized carbons (Fsp3) is 0.750. The fourth-order valence-electron chi connectivity index (χ4n) is 2.85. The third kappa shape index (κ3) is 4.55. The van der Waals surface area contributed by atoms with Crippen LogP contribution in [0.5, 0.6) is 0 Å². The van der Waals surface area contributed by atoms with Crippen LogP contribution in [0.25, 0.3) is 0 Å². The second kappa shape index (κ2) is 8.29. The Morgan fingerprint density at radius 2 is 2.09 bits per heavy atom. The number of rotatable bonds is 7. The molecule has 0 atom stereocenters. The molecule has 1 saturated heterocycles. The van der Waals surface area contributed by atoms with Gasteiger partial charge in [-0.2, -0.15) is 0 Å². The highest BCUT2D eigenvalue weighted by molar-refractivity contribution is 5.78. The van der Waals surface area contributed by atoms with Crippen molar-refractivity contribution in [2.75, 3.05) is 39.9 Å². The standard InChI is InChI=1S/C16H28N4O2/c1-13-14(2)20(12-18-13)9-6-17-16(21)15-4-7-19(8-5-15)10-11-22-3/h12,15H,4-11H2,1-3H3,(H,17,21). The Balaban J connectivity index is 1.67. The summed E-state index contributed by atoms with van der Waals surface area (Å²) in [6, 6.07) is 0. The second-order valence-electron chi connectivity index (χ2n) is 6.01. The number of nitrogens with zero attached hydrogens (tertiary/aromatic N) is 3. The minimum absolute atomic E-state index is 0.157. The SMILES string of the molecule is COCCN1CCC(C(=O)NCCn2cnc(C)c2C)CC1. The number of hydrogen-bond donors (Lipinski definition) is 1. The van der Waals surface area contributed by atoms with Crippen LogP contribution in [-0.4, -0.2) is 60.3 Å². The predicted molar refractivity (Wildman–Crippen MR) is 85.8 cm³/mol. The van der Waals surface area contributed by atoms with E-state index in [0.717, 1.165) is 51.3 Å². The lowest BCUT2D eigenvalue weighted by molar-refractivity contribution is -0.126. The first-order valence-electron chi connectivity index (χ1n) is 8.09. The molecule has 1 amide bonds. The van der Waals surface area contributed by atoms with E-state index in [1.807, 2.05) is 13.3 Å². The van der Waals surface area contributed by atoms with E-state index in [1.165, 1.54) is 5.69 Å². The van der Waals surface area contributed by atoms with Crippen LogP contribution in [-0.2, 0) is 16.1 Å². The average Bonchev–Trinajstić information content (AvgIpc) is 2.85. The van der Waals surface area contributed by atoms with Gasteiger partial charge in [0.25, 0.3) is 0 Å². The Hall–Kier alpha value is -1.40. The predicted octanol–water partition coefficient (Wildman–Crippen LogP) is 0.975. The maximum absolute atomic E-state index is 12.2. The summed E-state index contributed by atoms with van der Waals surface area (Å²) in [6.07, 6.45) is 3.72. The third-order valence-corrected chi connectivity index (χ3v) is 4.57. The van der Waals surface area contributed by atoms with Crippen molar-refractivity contribution in [3.05, 3.63) is 17.7 Å². The molecule has 0 aliphatic carbocycles. The molecule has 6 nitrogen and oxygen atoms in total. The molecule has 0 saturated carbocycles. The molecule has 2 heterocycles. The number of nitrogens with one attached hydrogen (secondary N) is 1. The maximum atomic E-state index is 12.2. The van der Waals surface area contributed by atoms with E-state index in [0.29, 0.717) is 6.54 Å². The molecule has 6 heteroatoms. The molecule has 0 spiro atoms. The molecular weight excluding hydrogens is 280 g/mol. The molecular formula is C16H28N4O2. The number of hydrogen-bond acceptors (Lipinski definition) is 4. The number of aryl methyl sites for hydroxylation is 1. The number of piperidine rings is 1. The Morgan fingerprint density at radius 1 is 1.36 bits per heavy atom. The Morgan fingerprint density at radius 3 is 2.68 bits per heavy atom. The minimum Gasteiger partial charge on any atom is -0.383 e. The molecule has 124 valence electrons. The Labute approximate surface area is 132 Å². The van der Waals surface area contributed by atoms with Gasteiger partial charge in [0.15, 0.2) is 0 Å². The number of amides is 1. The number of aromatic nitrogens is 2. The molecule has 1 aromatic heterocycles. The summed E-state index contributed by atoms with van der Waals surface area (Å²) in [6.45, 7) is 9.21. The molecule has 22 heavy (non-hydrogen) atoms. The van der Waals surface area contributed by atoms with Gasteiger partial charge in [0, 0.05) is 38.4 Å². The van der Waals surface area contributed by atoms with Gasteiger partial charge in [-0.3, -0.25) is 4.79 Å². The van der Waals surface area contributed by atoms with E-state index in [4.69, 9.17) is 4.74 Å². The zero-order chi connectivity index (χ0) is 15.9. The van der Waals surface area contributed by atoms with Gasteiger partial charge in [-0.1, -0.05) is 0 Å². The molecule has 1 N–H and O–H groups in total. The van der Waals surface area contributed by atoms with Crippen LogP contribution < -0.4 is 5.32 Å². The first-order valence-corrected chi connectivity index (χ1v) is 8.09. The Kier molecular flexibility index (Phi) is 6.39. The van der Waals surface area contributed by atoms with E-state index in [2.05, 4.69) is 26.7 Å². The highest BCUT2D eigenvalue weighted by atomic mass is 16.5. The molecule has 1 aliphatic heterocycles. The van der Waals surface area contributed by atoms with Crippen molar-refractivity contribution >= 4 is 5.91 Å². The second-order valence-corrected chi connectivity index (χ2v) is 6.01. The molecule has 0 unspecified atom stereocenters. The quantitative estimate of drug-likeness (QED) is 0.815. The normalized spacial score (nSPS) is 16.9. The number of imidazole rings is 1. The van der Waals surface area contributed by atoms with Gasteiger partial charge >= 0.3 is 0 Å². The Bertz CT molecular complexity index is 478. The average molecular weight is 308 g/mol. The van der Waals surface area contributed by atoms with E-state index >= 15 is 0 Å². The molecule has 0 radical (unpaired) electrons. The van der Waals surface area contributed by atoms with Crippen LogP contribution in [0.15, 0.2) is 6.33 Å². The van der Waals surface area contributed by atoms with Crippen LogP contribution >= 0.6 is 0 Å². The fourth-order valence-corrected chi connectivity index (χ4v) is 2.85. The van der Waals surface area contributed by atoms with Gasteiger partial charge in [0.2, 0.25) is 5.91 Å². The third-order valence-electron chi connectivity index (χ3n) is 4.57. The van der Waals surface area contributed by atoms with Gasteiger partial charge in [-0.05, 0) is 39.8 Å². The number of ether oxygens (including phenoxy) is 1. The summed E-state index contributed by atoms with van der Waals surface area (Å²) in [5.41, 5.74) is 2.22. The topological polar surface area (TPSA) is 59.4 Å². The molecule has 1 fully saturated rings. The summed E-state index contributed by atoms with van der Waals surface area (Å²) in [4.78, 5) is 18.9. The molecule has 0 bridgehead atoms. The van der Waals surface area contributed by atoms with Crippen molar-refractivity contribution in [3.8, 4) is 0 Å².